The van der Waals surface area contributed by atoms with Gasteiger partial charge in [0, 0.05) is 6.42 Å². The van der Waals surface area contributed by atoms with E-state index in [-0.39, 0.29) is 18.7 Å². The Morgan fingerprint density at radius 1 is 1.55 bits per heavy atom. The SMILES string of the molecule is [C-]#[N+]c1ccc(CC(=O)[C@@](C)(O)Cn2cncc2Br)cc1C. The summed E-state index contributed by atoms with van der Waals surface area (Å²) in [6.45, 7) is 10.5. The number of carbonyl (C=O) groups is 1. The van der Waals surface area contributed by atoms with Crippen molar-refractivity contribution in [2.24, 2.45) is 0 Å². The lowest BCUT2D eigenvalue weighted by Gasteiger charge is -2.23. The molecular formula is C16H16BrN3O2. The van der Waals surface area contributed by atoms with Crippen molar-refractivity contribution in [2.75, 3.05) is 0 Å². The second kappa shape index (κ2) is 6.42. The molecule has 0 unspecified atom stereocenters. The highest BCUT2D eigenvalue weighted by molar-refractivity contribution is 9.10. The number of nitrogens with zero attached hydrogens (tertiary/aromatic N) is 3. The van der Waals surface area contributed by atoms with Crippen LogP contribution in [0, 0.1) is 13.5 Å². The lowest BCUT2D eigenvalue weighted by Crippen LogP contribution is -2.40. The van der Waals surface area contributed by atoms with Crippen molar-refractivity contribution in [3.8, 4) is 0 Å². The highest BCUT2D eigenvalue weighted by atomic mass is 79.9. The van der Waals surface area contributed by atoms with Gasteiger partial charge in [-0.2, -0.15) is 0 Å². The van der Waals surface area contributed by atoms with Crippen LogP contribution in [0.3, 0.4) is 0 Å². The summed E-state index contributed by atoms with van der Waals surface area (Å²) in [6, 6.07) is 5.27. The van der Waals surface area contributed by atoms with Gasteiger partial charge in [-0.05, 0) is 40.9 Å². The highest BCUT2D eigenvalue weighted by Gasteiger charge is 2.30. The summed E-state index contributed by atoms with van der Waals surface area (Å²) in [6.07, 6.45) is 3.28. The van der Waals surface area contributed by atoms with Crippen molar-refractivity contribution in [3.63, 3.8) is 0 Å². The van der Waals surface area contributed by atoms with Crippen LogP contribution in [0.2, 0.25) is 0 Å². The number of hydrogen-bond acceptors (Lipinski definition) is 3. The first kappa shape index (κ1) is 16.4. The number of ketones is 1. The Labute approximate surface area is 137 Å². The number of benzene rings is 1. The van der Waals surface area contributed by atoms with E-state index in [1.54, 1.807) is 29.2 Å². The molecule has 1 aromatic heterocycles. The smallest absolute Gasteiger partial charge is 0.190 e. The Kier molecular flexibility index (Phi) is 4.79. The van der Waals surface area contributed by atoms with Gasteiger partial charge in [0.25, 0.3) is 0 Å². The molecule has 1 atom stereocenters. The molecular weight excluding hydrogens is 346 g/mol. The molecule has 114 valence electrons. The van der Waals surface area contributed by atoms with Crippen LogP contribution in [0.5, 0.6) is 0 Å². The van der Waals surface area contributed by atoms with Crippen LogP contribution < -0.4 is 0 Å². The van der Waals surface area contributed by atoms with Crippen LogP contribution in [-0.4, -0.2) is 26.0 Å². The van der Waals surface area contributed by atoms with Crippen molar-refractivity contribution in [1.82, 2.24) is 9.55 Å². The molecule has 1 aromatic carbocycles. The summed E-state index contributed by atoms with van der Waals surface area (Å²) in [5.74, 6) is -0.275. The number of hydrogen-bond donors (Lipinski definition) is 1. The molecule has 0 aliphatic carbocycles. The molecule has 1 heterocycles. The number of aliphatic hydroxyl groups is 1. The maximum atomic E-state index is 12.4. The molecule has 0 amide bonds. The van der Waals surface area contributed by atoms with Crippen molar-refractivity contribution in [2.45, 2.75) is 32.4 Å². The van der Waals surface area contributed by atoms with Crippen LogP contribution in [-0.2, 0) is 17.8 Å². The van der Waals surface area contributed by atoms with E-state index in [4.69, 9.17) is 6.57 Å². The van der Waals surface area contributed by atoms with Gasteiger partial charge in [-0.15, -0.1) is 0 Å². The quantitative estimate of drug-likeness (QED) is 0.832. The van der Waals surface area contributed by atoms with Crippen LogP contribution in [0.4, 0.5) is 5.69 Å². The minimum Gasteiger partial charge on any atom is -0.380 e. The maximum Gasteiger partial charge on any atom is 0.190 e. The molecule has 0 aliphatic heterocycles. The van der Waals surface area contributed by atoms with Crippen LogP contribution in [0.1, 0.15) is 18.1 Å². The second-order valence-corrected chi connectivity index (χ2v) is 6.26. The van der Waals surface area contributed by atoms with Crippen molar-refractivity contribution in [1.29, 1.82) is 0 Å². The molecule has 6 heteroatoms. The molecule has 0 radical (unpaired) electrons. The predicted octanol–water partition coefficient (Wildman–Crippen LogP) is 3.07. The number of aryl methyl sites for hydroxylation is 1. The fourth-order valence-corrected chi connectivity index (χ4v) is 2.50. The van der Waals surface area contributed by atoms with E-state index in [1.165, 1.54) is 6.92 Å². The number of carbonyl (C=O) groups excluding carboxylic acids is 1. The van der Waals surface area contributed by atoms with Gasteiger partial charge in [0.05, 0.1) is 25.6 Å². The van der Waals surface area contributed by atoms with Crippen LogP contribution >= 0.6 is 15.9 Å². The lowest BCUT2D eigenvalue weighted by atomic mass is 9.94. The van der Waals surface area contributed by atoms with E-state index in [0.717, 1.165) is 11.1 Å². The van der Waals surface area contributed by atoms with E-state index in [1.807, 2.05) is 13.0 Å². The van der Waals surface area contributed by atoms with E-state index in [2.05, 4.69) is 25.8 Å². The Morgan fingerprint density at radius 3 is 2.82 bits per heavy atom. The van der Waals surface area contributed by atoms with Gasteiger partial charge in [0.15, 0.2) is 11.5 Å². The average Bonchev–Trinajstić information content (AvgIpc) is 2.84. The van der Waals surface area contributed by atoms with Gasteiger partial charge >= 0.3 is 0 Å². The lowest BCUT2D eigenvalue weighted by molar-refractivity contribution is -0.136. The minimum atomic E-state index is -1.49. The van der Waals surface area contributed by atoms with E-state index in [9.17, 15) is 9.90 Å². The van der Waals surface area contributed by atoms with Crippen molar-refractivity contribution >= 4 is 27.4 Å². The summed E-state index contributed by atoms with van der Waals surface area (Å²) in [7, 11) is 0. The summed E-state index contributed by atoms with van der Waals surface area (Å²) in [4.78, 5) is 19.7. The molecule has 0 saturated heterocycles. The van der Waals surface area contributed by atoms with Gasteiger partial charge < -0.3 is 9.67 Å². The average molecular weight is 362 g/mol. The third-order valence-corrected chi connectivity index (χ3v) is 4.15. The first-order valence-electron chi connectivity index (χ1n) is 6.72. The molecule has 2 rings (SSSR count). The van der Waals surface area contributed by atoms with Crippen molar-refractivity contribution in [3.05, 3.63) is 57.9 Å². The summed E-state index contributed by atoms with van der Waals surface area (Å²) < 4.78 is 2.38. The molecule has 0 saturated carbocycles. The number of imidazole rings is 1. The summed E-state index contributed by atoms with van der Waals surface area (Å²) >= 11 is 3.31. The first-order chi connectivity index (χ1) is 10.3. The number of halogens is 1. The van der Waals surface area contributed by atoms with E-state index in [0.29, 0.717) is 10.3 Å². The Bertz CT molecular complexity index is 744. The Hall–Kier alpha value is -1.97. The van der Waals surface area contributed by atoms with Gasteiger partial charge in [-0.1, -0.05) is 18.2 Å². The third-order valence-electron chi connectivity index (χ3n) is 3.49. The Morgan fingerprint density at radius 2 is 2.27 bits per heavy atom. The van der Waals surface area contributed by atoms with Crippen LogP contribution in [0.15, 0.2) is 35.3 Å². The number of rotatable bonds is 5. The largest absolute Gasteiger partial charge is 0.380 e. The Balaban J connectivity index is 2.12. The highest BCUT2D eigenvalue weighted by Crippen LogP contribution is 2.22. The maximum absolute atomic E-state index is 12.4. The van der Waals surface area contributed by atoms with E-state index >= 15 is 0 Å². The molecule has 0 spiro atoms. The monoisotopic (exact) mass is 361 g/mol. The van der Waals surface area contributed by atoms with Gasteiger partial charge in [0.1, 0.15) is 10.2 Å². The zero-order chi connectivity index (χ0) is 16.3. The molecule has 0 bridgehead atoms. The second-order valence-electron chi connectivity index (χ2n) is 5.45. The molecule has 5 nitrogen and oxygen atoms in total. The van der Waals surface area contributed by atoms with Crippen LogP contribution in [0.25, 0.3) is 4.85 Å². The molecule has 2 aromatic rings. The number of aromatic nitrogens is 2. The van der Waals surface area contributed by atoms with Gasteiger partial charge in [-0.3, -0.25) is 4.79 Å². The van der Waals surface area contributed by atoms with Gasteiger partial charge in [0.2, 0.25) is 0 Å². The molecule has 22 heavy (non-hydrogen) atoms. The zero-order valence-electron chi connectivity index (χ0n) is 12.4. The minimum absolute atomic E-state index is 0.123. The normalized spacial score (nSPS) is 13.4. The van der Waals surface area contributed by atoms with Crippen molar-refractivity contribution < 1.29 is 9.90 Å². The predicted molar refractivity (Wildman–Crippen MR) is 86.7 cm³/mol. The summed E-state index contributed by atoms with van der Waals surface area (Å²) in [5, 5.41) is 10.4. The topological polar surface area (TPSA) is 59.5 Å². The first-order valence-corrected chi connectivity index (χ1v) is 7.51. The van der Waals surface area contributed by atoms with Gasteiger partial charge in [-0.25, -0.2) is 9.83 Å². The third kappa shape index (κ3) is 3.62. The zero-order valence-corrected chi connectivity index (χ0v) is 14.0. The molecule has 0 aliphatic rings. The standard InChI is InChI=1S/C16H16BrN3O2/c1-11-6-12(4-5-13(11)18-3)7-14(21)16(2,22)9-20-10-19-8-15(20)17/h4-6,8,10,22H,7,9H2,1-2H3/t16-/m0/s1. The number of Topliss-reactive ketones (excluding diaryl/α,β-unsaturated/α-hetero) is 1. The molecule has 0 fully saturated rings. The van der Waals surface area contributed by atoms with E-state index < -0.39 is 5.60 Å². The summed E-state index contributed by atoms with van der Waals surface area (Å²) in [5.41, 5.74) is 0.706. The molecule has 1 N–H and O–H groups in total. The fraction of sp³-hybridized carbons (Fsp3) is 0.312. The fourth-order valence-electron chi connectivity index (χ4n) is 2.17.